The summed E-state index contributed by atoms with van der Waals surface area (Å²) >= 11 is 0. The van der Waals surface area contributed by atoms with E-state index in [1.54, 1.807) is 12.1 Å². The van der Waals surface area contributed by atoms with Gasteiger partial charge in [-0.1, -0.05) is 18.2 Å². The summed E-state index contributed by atoms with van der Waals surface area (Å²) in [7, 11) is 4.52. The molecule has 0 aliphatic carbocycles. The van der Waals surface area contributed by atoms with E-state index in [2.05, 4.69) is 16.3 Å². The number of methoxy groups -OCH3 is 3. The number of carbonyl (C=O) groups excluding carboxylic acids is 1. The SMILES string of the molecule is COc1ccc(C(CC(N)=O)c2c(Cc3ccc4c(c3)CCO4)[nH][nH]c2=O)c(OC)c1OC. The van der Waals surface area contributed by atoms with Gasteiger partial charge >= 0.3 is 0 Å². The molecule has 1 unspecified atom stereocenters. The number of aromatic amines is 2. The molecule has 0 bridgehead atoms. The van der Waals surface area contributed by atoms with Crippen molar-refractivity contribution >= 4 is 5.91 Å². The highest BCUT2D eigenvalue weighted by atomic mass is 16.5. The minimum atomic E-state index is -0.653. The van der Waals surface area contributed by atoms with Crippen LogP contribution in [0.4, 0.5) is 0 Å². The van der Waals surface area contributed by atoms with Crippen LogP contribution in [0.25, 0.3) is 0 Å². The van der Waals surface area contributed by atoms with Crippen molar-refractivity contribution in [3.8, 4) is 23.0 Å². The molecule has 33 heavy (non-hydrogen) atoms. The van der Waals surface area contributed by atoms with Crippen molar-refractivity contribution in [2.75, 3.05) is 27.9 Å². The molecular weight excluding hydrogens is 426 g/mol. The Morgan fingerprint density at radius 3 is 2.58 bits per heavy atom. The van der Waals surface area contributed by atoms with Crippen molar-refractivity contribution < 1.29 is 23.7 Å². The molecule has 1 aliphatic heterocycles. The summed E-state index contributed by atoms with van der Waals surface area (Å²) in [5.41, 5.74) is 9.13. The number of H-pyrrole nitrogens is 2. The average Bonchev–Trinajstić information content (AvgIpc) is 3.42. The van der Waals surface area contributed by atoms with Crippen LogP contribution in [0.1, 0.15) is 40.3 Å². The maximum Gasteiger partial charge on any atom is 0.267 e. The number of amides is 1. The summed E-state index contributed by atoms with van der Waals surface area (Å²) < 4.78 is 22.1. The molecule has 9 heteroatoms. The lowest BCUT2D eigenvalue weighted by Crippen LogP contribution is -2.21. The molecule has 4 N–H and O–H groups in total. The summed E-state index contributed by atoms with van der Waals surface area (Å²) in [4.78, 5) is 25.0. The van der Waals surface area contributed by atoms with Crippen molar-refractivity contribution in [2.45, 2.75) is 25.2 Å². The Morgan fingerprint density at radius 2 is 1.88 bits per heavy atom. The topological polar surface area (TPSA) is 129 Å². The number of nitrogens with two attached hydrogens (primary N) is 1. The van der Waals surface area contributed by atoms with Crippen LogP contribution in [-0.2, 0) is 17.6 Å². The van der Waals surface area contributed by atoms with Crippen molar-refractivity contribution in [3.05, 3.63) is 68.6 Å². The van der Waals surface area contributed by atoms with Crippen molar-refractivity contribution in [1.29, 1.82) is 0 Å². The van der Waals surface area contributed by atoms with Crippen LogP contribution in [-0.4, -0.2) is 44.0 Å². The molecule has 0 saturated carbocycles. The van der Waals surface area contributed by atoms with Gasteiger partial charge in [0, 0.05) is 42.0 Å². The third kappa shape index (κ3) is 4.26. The second kappa shape index (κ2) is 9.32. The number of hydrogen-bond acceptors (Lipinski definition) is 6. The number of nitrogens with one attached hydrogen (secondary N) is 2. The fourth-order valence-corrected chi connectivity index (χ4v) is 4.43. The Balaban J connectivity index is 1.81. The molecule has 2 heterocycles. The molecule has 0 radical (unpaired) electrons. The molecule has 1 aliphatic rings. The second-order valence-corrected chi connectivity index (χ2v) is 7.84. The maximum absolute atomic E-state index is 12.9. The number of carbonyl (C=O) groups is 1. The van der Waals surface area contributed by atoms with Crippen LogP contribution < -0.4 is 30.2 Å². The van der Waals surface area contributed by atoms with Crippen LogP contribution in [0, 0.1) is 0 Å². The van der Waals surface area contributed by atoms with Crippen molar-refractivity contribution in [2.24, 2.45) is 5.73 Å². The number of hydrogen-bond donors (Lipinski definition) is 3. The standard InChI is InChI=1S/C24H27N3O6/c1-30-19-7-5-15(22(31-2)23(19)32-3)16(12-20(25)28)21-17(26-27-24(21)29)11-13-4-6-18-14(10-13)8-9-33-18/h4-7,10,16H,8-9,11-12H2,1-3H3,(H2,25,28)(H2,26,27,29). The number of fused-ring (bicyclic) bond motifs is 1. The highest BCUT2D eigenvalue weighted by Crippen LogP contribution is 2.45. The highest BCUT2D eigenvalue weighted by Gasteiger charge is 2.30. The lowest BCUT2D eigenvalue weighted by atomic mass is 9.86. The van der Waals surface area contributed by atoms with E-state index in [4.69, 9.17) is 24.7 Å². The van der Waals surface area contributed by atoms with Gasteiger partial charge in [0.05, 0.1) is 27.9 Å². The van der Waals surface area contributed by atoms with Crippen LogP contribution in [0.2, 0.25) is 0 Å². The highest BCUT2D eigenvalue weighted by molar-refractivity contribution is 5.76. The van der Waals surface area contributed by atoms with Gasteiger partial charge in [-0.3, -0.25) is 14.7 Å². The fourth-order valence-electron chi connectivity index (χ4n) is 4.43. The van der Waals surface area contributed by atoms with E-state index in [1.165, 1.54) is 21.3 Å². The minimum absolute atomic E-state index is 0.0855. The molecule has 1 aromatic heterocycles. The van der Waals surface area contributed by atoms with Crippen LogP contribution in [0.5, 0.6) is 23.0 Å². The van der Waals surface area contributed by atoms with E-state index < -0.39 is 11.8 Å². The first-order valence-electron chi connectivity index (χ1n) is 10.6. The van der Waals surface area contributed by atoms with E-state index in [-0.39, 0.29) is 12.0 Å². The zero-order valence-corrected chi connectivity index (χ0v) is 18.8. The third-order valence-electron chi connectivity index (χ3n) is 5.90. The zero-order valence-electron chi connectivity index (χ0n) is 18.8. The van der Waals surface area contributed by atoms with Crippen molar-refractivity contribution in [3.63, 3.8) is 0 Å². The number of ether oxygens (including phenoxy) is 4. The molecule has 4 rings (SSSR count). The van der Waals surface area contributed by atoms with Gasteiger partial charge in [0.25, 0.3) is 5.56 Å². The summed E-state index contributed by atoms with van der Waals surface area (Å²) in [6, 6.07) is 9.47. The number of primary amides is 1. The Kier molecular flexibility index (Phi) is 6.30. The molecule has 3 aromatic rings. The Labute approximate surface area is 190 Å². The number of aromatic nitrogens is 2. The van der Waals surface area contributed by atoms with E-state index in [1.807, 2.05) is 12.1 Å². The molecule has 0 fully saturated rings. The Morgan fingerprint density at radius 1 is 1.09 bits per heavy atom. The third-order valence-corrected chi connectivity index (χ3v) is 5.90. The Bertz CT molecular complexity index is 1230. The van der Waals surface area contributed by atoms with Crippen LogP contribution >= 0.6 is 0 Å². The monoisotopic (exact) mass is 453 g/mol. The van der Waals surface area contributed by atoms with Gasteiger partial charge in [0.1, 0.15) is 5.75 Å². The lowest BCUT2D eigenvalue weighted by molar-refractivity contribution is -0.118. The second-order valence-electron chi connectivity index (χ2n) is 7.84. The number of benzene rings is 2. The van der Waals surface area contributed by atoms with Gasteiger partial charge < -0.3 is 29.8 Å². The first-order valence-corrected chi connectivity index (χ1v) is 10.6. The minimum Gasteiger partial charge on any atom is -0.493 e. The van der Waals surface area contributed by atoms with E-state index in [9.17, 15) is 9.59 Å². The largest absolute Gasteiger partial charge is 0.493 e. The van der Waals surface area contributed by atoms with Crippen LogP contribution in [0.3, 0.4) is 0 Å². The maximum atomic E-state index is 12.9. The van der Waals surface area contributed by atoms with Gasteiger partial charge in [-0.15, -0.1) is 0 Å². The quantitative estimate of drug-likeness (QED) is 0.456. The molecule has 2 aromatic carbocycles. The van der Waals surface area contributed by atoms with Gasteiger partial charge in [0.2, 0.25) is 11.7 Å². The normalized spacial score (nSPS) is 13.2. The summed E-state index contributed by atoms with van der Waals surface area (Å²) in [5.74, 6) is 0.921. The van der Waals surface area contributed by atoms with Gasteiger partial charge in [-0.2, -0.15) is 0 Å². The molecule has 9 nitrogen and oxygen atoms in total. The number of rotatable bonds is 9. The zero-order chi connectivity index (χ0) is 23.5. The first kappa shape index (κ1) is 22.3. The Hall–Kier alpha value is -3.88. The summed E-state index contributed by atoms with van der Waals surface area (Å²) in [5, 5.41) is 5.65. The van der Waals surface area contributed by atoms with Gasteiger partial charge in [0.15, 0.2) is 11.5 Å². The molecule has 174 valence electrons. The van der Waals surface area contributed by atoms with E-state index in [0.29, 0.717) is 47.1 Å². The molecular formula is C24H27N3O6. The smallest absolute Gasteiger partial charge is 0.267 e. The van der Waals surface area contributed by atoms with Crippen molar-refractivity contribution in [1.82, 2.24) is 10.2 Å². The van der Waals surface area contributed by atoms with E-state index >= 15 is 0 Å². The fraction of sp³-hybridized carbons (Fsp3) is 0.333. The van der Waals surface area contributed by atoms with Crippen LogP contribution in [0.15, 0.2) is 35.1 Å². The first-order chi connectivity index (χ1) is 16.0. The molecule has 0 spiro atoms. The molecule has 1 amide bonds. The average molecular weight is 453 g/mol. The predicted molar refractivity (Wildman–Crippen MR) is 122 cm³/mol. The molecule has 0 saturated heterocycles. The summed E-state index contributed by atoms with van der Waals surface area (Å²) in [6.45, 7) is 0.671. The van der Waals surface area contributed by atoms with Gasteiger partial charge in [-0.25, -0.2) is 0 Å². The van der Waals surface area contributed by atoms with Gasteiger partial charge in [-0.05, 0) is 23.3 Å². The predicted octanol–water partition coefficient (Wildman–Crippen LogP) is 2.26. The summed E-state index contributed by atoms with van der Waals surface area (Å²) in [6.07, 6.45) is 1.23. The van der Waals surface area contributed by atoms with E-state index in [0.717, 1.165) is 23.3 Å². The molecule has 1 atom stereocenters. The lowest BCUT2D eigenvalue weighted by Gasteiger charge is -2.21.